The van der Waals surface area contributed by atoms with Crippen LogP contribution in [0.25, 0.3) is 0 Å². The van der Waals surface area contributed by atoms with Crippen molar-refractivity contribution in [3.8, 4) is 11.5 Å². The Morgan fingerprint density at radius 3 is 2.84 bits per heavy atom. The number of hydrogen-bond acceptors (Lipinski definition) is 4. The van der Waals surface area contributed by atoms with E-state index in [1.807, 2.05) is 24.3 Å². The van der Waals surface area contributed by atoms with Gasteiger partial charge >= 0.3 is 0 Å². The zero-order chi connectivity index (χ0) is 17.8. The quantitative estimate of drug-likeness (QED) is 0.906. The summed E-state index contributed by atoms with van der Waals surface area (Å²) in [7, 11) is 3.28. The lowest BCUT2D eigenvalue weighted by atomic mass is 10.1. The van der Waals surface area contributed by atoms with Crippen molar-refractivity contribution in [2.45, 2.75) is 12.5 Å². The van der Waals surface area contributed by atoms with Gasteiger partial charge in [-0.2, -0.15) is 0 Å². The van der Waals surface area contributed by atoms with Crippen molar-refractivity contribution in [1.29, 1.82) is 0 Å². The van der Waals surface area contributed by atoms with E-state index in [4.69, 9.17) is 9.47 Å². The molecule has 0 bridgehead atoms. The van der Waals surface area contributed by atoms with E-state index in [9.17, 15) is 9.59 Å². The molecule has 1 N–H and O–H groups in total. The monoisotopic (exact) mass is 340 g/mol. The minimum atomic E-state index is -0.606. The molecule has 6 heteroatoms. The van der Waals surface area contributed by atoms with Crippen LogP contribution in [0.4, 0.5) is 5.69 Å². The van der Waals surface area contributed by atoms with E-state index in [-0.39, 0.29) is 11.8 Å². The molecule has 1 atom stereocenters. The van der Waals surface area contributed by atoms with Gasteiger partial charge in [0.25, 0.3) is 11.8 Å². The lowest BCUT2D eigenvalue weighted by Crippen LogP contribution is -2.45. The second-order valence-corrected chi connectivity index (χ2v) is 5.75. The first kappa shape index (κ1) is 16.8. The van der Waals surface area contributed by atoms with Gasteiger partial charge in [0.15, 0.2) is 6.10 Å². The third-order valence-electron chi connectivity index (χ3n) is 4.13. The van der Waals surface area contributed by atoms with Crippen molar-refractivity contribution >= 4 is 17.5 Å². The van der Waals surface area contributed by atoms with Gasteiger partial charge < -0.3 is 19.7 Å². The van der Waals surface area contributed by atoms with Crippen LogP contribution in [0, 0.1) is 0 Å². The Balaban J connectivity index is 1.59. The van der Waals surface area contributed by atoms with E-state index < -0.39 is 6.10 Å². The summed E-state index contributed by atoms with van der Waals surface area (Å²) in [5.74, 6) is 0.968. The number of amides is 2. The van der Waals surface area contributed by atoms with Crippen LogP contribution < -0.4 is 19.7 Å². The van der Waals surface area contributed by atoms with Gasteiger partial charge in [0.05, 0.1) is 12.8 Å². The maximum Gasteiger partial charge on any atom is 0.267 e. The van der Waals surface area contributed by atoms with Gasteiger partial charge in [-0.15, -0.1) is 0 Å². The number of likely N-dealkylation sites (N-methyl/N-ethyl adjacent to an activating group) is 1. The number of nitrogens with one attached hydrogen (secondary N) is 1. The Bertz CT molecular complexity index is 790. The molecule has 25 heavy (non-hydrogen) atoms. The first-order valence-corrected chi connectivity index (χ1v) is 8.05. The molecular formula is C19H20N2O4. The van der Waals surface area contributed by atoms with Crippen LogP contribution in [0.2, 0.25) is 0 Å². The average molecular weight is 340 g/mol. The summed E-state index contributed by atoms with van der Waals surface area (Å²) in [6, 6.07) is 14.3. The number of ether oxygens (including phenoxy) is 2. The van der Waals surface area contributed by atoms with Crippen LogP contribution in [0.5, 0.6) is 11.5 Å². The van der Waals surface area contributed by atoms with Gasteiger partial charge in [-0.1, -0.05) is 18.2 Å². The predicted molar refractivity (Wildman–Crippen MR) is 94.2 cm³/mol. The Morgan fingerprint density at radius 2 is 2.04 bits per heavy atom. The third-order valence-corrected chi connectivity index (χ3v) is 4.13. The first-order valence-electron chi connectivity index (χ1n) is 8.05. The number of rotatable bonds is 5. The van der Waals surface area contributed by atoms with Gasteiger partial charge in [-0.05, 0) is 30.3 Å². The fourth-order valence-corrected chi connectivity index (χ4v) is 2.74. The average Bonchev–Trinajstić information content (AvgIpc) is 2.65. The van der Waals surface area contributed by atoms with Crippen LogP contribution in [0.1, 0.15) is 16.8 Å². The molecular weight excluding hydrogens is 320 g/mol. The fourth-order valence-electron chi connectivity index (χ4n) is 2.74. The van der Waals surface area contributed by atoms with Gasteiger partial charge in [0.2, 0.25) is 0 Å². The number of carbonyl (C=O) groups excluding carboxylic acids is 2. The summed E-state index contributed by atoms with van der Waals surface area (Å²) >= 11 is 0. The number of para-hydroxylation sites is 2. The number of fused-ring (bicyclic) bond motifs is 1. The Morgan fingerprint density at radius 1 is 1.24 bits per heavy atom. The summed E-state index contributed by atoms with van der Waals surface area (Å²) in [6.45, 7) is 0.336. The number of anilines is 1. The third kappa shape index (κ3) is 3.57. The van der Waals surface area contributed by atoms with Crippen LogP contribution in [-0.2, 0) is 4.79 Å². The van der Waals surface area contributed by atoms with Crippen molar-refractivity contribution < 1.29 is 19.1 Å². The molecule has 1 aliphatic rings. The highest BCUT2D eigenvalue weighted by atomic mass is 16.5. The Kier molecular flexibility index (Phi) is 4.88. The summed E-state index contributed by atoms with van der Waals surface area (Å²) in [6.07, 6.45) is -0.210. The molecule has 1 heterocycles. The summed E-state index contributed by atoms with van der Waals surface area (Å²) in [4.78, 5) is 26.2. The van der Waals surface area contributed by atoms with Crippen molar-refractivity contribution in [3.63, 3.8) is 0 Å². The zero-order valence-corrected chi connectivity index (χ0v) is 14.2. The standard InChI is InChI=1S/C19H20N2O4/c1-21-15-8-3-4-9-16(15)25-17(19(21)23)10-11-20-18(22)13-6-5-7-14(12-13)24-2/h3-9,12,17H,10-11H2,1-2H3,(H,20,22). The van der Waals surface area contributed by atoms with Crippen LogP contribution >= 0.6 is 0 Å². The number of carbonyl (C=O) groups is 2. The van der Waals surface area contributed by atoms with E-state index in [1.165, 1.54) is 0 Å². The van der Waals surface area contributed by atoms with Gasteiger partial charge in [-0.3, -0.25) is 9.59 Å². The largest absolute Gasteiger partial charge is 0.497 e. The van der Waals surface area contributed by atoms with Crippen molar-refractivity contribution in [2.24, 2.45) is 0 Å². The number of methoxy groups -OCH3 is 1. The highest BCUT2D eigenvalue weighted by molar-refractivity contribution is 5.99. The molecule has 0 fully saturated rings. The maximum absolute atomic E-state index is 12.4. The van der Waals surface area contributed by atoms with Gasteiger partial charge in [0.1, 0.15) is 11.5 Å². The van der Waals surface area contributed by atoms with E-state index >= 15 is 0 Å². The fraction of sp³-hybridized carbons (Fsp3) is 0.263. The SMILES string of the molecule is COc1cccc(C(=O)NCCC2Oc3ccccc3N(C)C2=O)c1. The highest BCUT2D eigenvalue weighted by Gasteiger charge is 2.31. The van der Waals surface area contributed by atoms with E-state index in [0.717, 1.165) is 5.69 Å². The maximum atomic E-state index is 12.4. The molecule has 3 rings (SSSR count). The number of hydrogen-bond donors (Lipinski definition) is 1. The van der Waals surface area contributed by atoms with Gasteiger partial charge in [0, 0.05) is 25.6 Å². The lowest BCUT2D eigenvalue weighted by Gasteiger charge is -2.31. The van der Waals surface area contributed by atoms with E-state index in [1.54, 1.807) is 43.3 Å². The summed E-state index contributed by atoms with van der Waals surface area (Å²) < 4.78 is 10.9. The van der Waals surface area contributed by atoms with E-state index in [2.05, 4.69) is 5.32 Å². The molecule has 130 valence electrons. The number of nitrogens with zero attached hydrogens (tertiary/aromatic N) is 1. The molecule has 0 aromatic heterocycles. The molecule has 2 aromatic rings. The first-order chi connectivity index (χ1) is 12.1. The molecule has 6 nitrogen and oxygen atoms in total. The molecule has 1 aliphatic heterocycles. The van der Waals surface area contributed by atoms with Crippen LogP contribution in [-0.4, -0.2) is 38.6 Å². The molecule has 0 saturated carbocycles. The van der Waals surface area contributed by atoms with Crippen LogP contribution in [0.3, 0.4) is 0 Å². The highest BCUT2D eigenvalue weighted by Crippen LogP contribution is 2.33. The molecule has 0 spiro atoms. The topological polar surface area (TPSA) is 67.9 Å². The second-order valence-electron chi connectivity index (χ2n) is 5.75. The molecule has 2 amide bonds. The molecule has 0 aliphatic carbocycles. The number of benzene rings is 2. The van der Waals surface area contributed by atoms with Crippen molar-refractivity contribution in [2.75, 3.05) is 25.6 Å². The lowest BCUT2D eigenvalue weighted by molar-refractivity contribution is -0.126. The summed E-state index contributed by atoms with van der Waals surface area (Å²) in [5.41, 5.74) is 1.27. The Hall–Kier alpha value is -3.02. The zero-order valence-electron chi connectivity index (χ0n) is 14.2. The Labute approximate surface area is 146 Å². The molecule has 0 radical (unpaired) electrons. The molecule has 2 aromatic carbocycles. The van der Waals surface area contributed by atoms with E-state index in [0.29, 0.717) is 30.0 Å². The molecule has 0 saturated heterocycles. The van der Waals surface area contributed by atoms with Crippen molar-refractivity contribution in [3.05, 3.63) is 54.1 Å². The van der Waals surface area contributed by atoms with Crippen molar-refractivity contribution in [1.82, 2.24) is 5.32 Å². The smallest absolute Gasteiger partial charge is 0.267 e. The van der Waals surface area contributed by atoms with Gasteiger partial charge in [-0.25, -0.2) is 0 Å². The van der Waals surface area contributed by atoms with Crippen LogP contribution in [0.15, 0.2) is 48.5 Å². The predicted octanol–water partition coefficient (Wildman–Crippen LogP) is 2.24. The molecule has 1 unspecified atom stereocenters. The normalized spacial score (nSPS) is 16.0. The minimum absolute atomic E-state index is 0.116. The second kappa shape index (κ2) is 7.25. The summed E-state index contributed by atoms with van der Waals surface area (Å²) in [5, 5.41) is 2.81. The minimum Gasteiger partial charge on any atom is -0.497 e.